The van der Waals surface area contributed by atoms with Crippen molar-refractivity contribution < 1.29 is 9.53 Å². The quantitative estimate of drug-likeness (QED) is 0.741. The minimum atomic E-state index is -0.0699. The Hall–Kier alpha value is -1.22. The van der Waals surface area contributed by atoms with Gasteiger partial charge in [-0.2, -0.15) is 0 Å². The molecule has 0 aromatic heterocycles. The Kier molecular flexibility index (Phi) is 3.34. The number of halogens is 1. The number of ether oxygens (including phenoxy) is 1. The fraction of sp³-hybridized carbons (Fsp3) is 0.417. The highest BCUT2D eigenvalue weighted by Crippen LogP contribution is 2.32. The number of aryl methyl sites for hydroxylation is 1. The van der Waals surface area contributed by atoms with Gasteiger partial charge in [-0.25, -0.2) is 0 Å². The molecule has 0 unspecified atom stereocenters. The molecule has 1 aromatic carbocycles. The number of hydrogen-bond acceptors (Lipinski definition) is 2. The molecule has 86 valence electrons. The van der Waals surface area contributed by atoms with E-state index in [4.69, 9.17) is 16.3 Å². The zero-order chi connectivity index (χ0) is 11.5. The molecule has 1 aromatic rings. The Labute approximate surface area is 100.0 Å². The summed E-state index contributed by atoms with van der Waals surface area (Å²) in [6.45, 7) is 3.19. The Morgan fingerprint density at radius 1 is 1.56 bits per heavy atom. The maximum atomic E-state index is 11.7. The number of amides is 1. The van der Waals surface area contributed by atoms with Gasteiger partial charge in [-0.05, 0) is 24.1 Å². The number of fused-ring (bicyclic) bond motifs is 1. The van der Waals surface area contributed by atoms with E-state index < -0.39 is 0 Å². The van der Waals surface area contributed by atoms with E-state index in [1.54, 1.807) is 4.90 Å². The van der Waals surface area contributed by atoms with E-state index in [0.29, 0.717) is 13.2 Å². The highest BCUT2D eigenvalue weighted by atomic mass is 35.5. The third kappa shape index (κ3) is 2.00. The molecule has 1 aliphatic heterocycles. The molecule has 2 rings (SSSR count). The van der Waals surface area contributed by atoms with Gasteiger partial charge in [-0.15, -0.1) is 11.6 Å². The van der Waals surface area contributed by atoms with E-state index in [9.17, 15) is 4.79 Å². The second-order valence-corrected chi connectivity index (χ2v) is 3.95. The van der Waals surface area contributed by atoms with Gasteiger partial charge < -0.3 is 9.64 Å². The molecule has 4 heteroatoms. The summed E-state index contributed by atoms with van der Waals surface area (Å²) in [5.74, 6) is 0.705. The van der Waals surface area contributed by atoms with Crippen molar-refractivity contribution in [2.24, 2.45) is 0 Å². The van der Waals surface area contributed by atoms with Crippen LogP contribution in [0.3, 0.4) is 0 Å². The average Bonchev–Trinajstić information content (AvgIpc) is 2.36. The third-order valence-corrected chi connectivity index (χ3v) is 2.94. The van der Waals surface area contributed by atoms with Crippen LogP contribution in [0.1, 0.15) is 12.5 Å². The molecule has 0 bridgehead atoms. The summed E-state index contributed by atoms with van der Waals surface area (Å²) in [7, 11) is 0. The fourth-order valence-corrected chi connectivity index (χ4v) is 1.96. The summed E-state index contributed by atoms with van der Waals surface area (Å²) in [5.41, 5.74) is 2.04. The molecule has 1 aliphatic rings. The molecule has 0 aliphatic carbocycles. The zero-order valence-electron chi connectivity index (χ0n) is 9.20. The fourth-order valence-electron chi connectivity index (χ4n) is 1.81. The first-order chi connectivity index (χ1) is 7.76. The van der Waals surface area contributed by atoms with Gasteiger partial charge in [0, 0.05) is 0 Å². The highest BCUT2D eigenvalue weighted by Gasteiger charge is 2.22. The molecular weight excluding hydrogens is 226 g/mol. The largest absolute Gasteiger partial charge is 0.490 e. The lowest BCUT2D eigenvalue weighted by atomic mass is 10.1. The van der Waals surface area contributed by atoms with Crippen LogP contribution in [-0.2, 0) is 11.2 Å². The summed E-state index contributed by atoms with van der Waals surface area (Å²) in [5, 5.41) is 0. The summed E-state index contributed by atoms with van der Waals surface area (Å²) < 4.78 is 5.51. The van der Waals surface area contributed by atoms with Crippen LogP contribution in [0.2, 0.25) is 0 Å². The molecule has 1 heterocycles. The number of nitrogens with zero attached hydrogens (tertiary/aromatic N) is 1. The number of alkyl halides is 1. The van der Waals surface area contributed by atoms with Crippen molar-refractivity contribution >= 4 is 23.2 Å². The lowest BCUT2D eigenvalue weighted by molar-refractivity contribution is -0.116. The number of benzene rings is 1. The van der Waals surface area contributed by atoms with Crippen LogP contribution in [-0.4, -0.2) is 24.9 Å². The first kappa shape index (κ1) is 11.3. The first-order valence-corrected chi connectivity index (χ1v) is 5.91. The standard InChI is InChI=1S/C12H14ClNO2/c1-2-9-3-4-11-10(7-9)14(5-6-16-11)12(15)8-13/h3-4,7H,2,5-6,8H2,1H3. The molecular formula is C12H14ClNO2. The Balaban J connectivity index is 2.39. The van der Waals surface area contributed by atoms with Gasteiger partial charge in [0.25, 0.3) is 0 Å². The van der Waals surface area contributed by atoms with Gasteiger partial charge in [-0.3, -0.25) is 4.79 Å². The van der Waals surface area contributed by atoms with Crippen molar-refractivity contribution in [2.45, 2.75) is 13.3 Å². The number of anilines is 1. The van der Waals surface area contributed by atoms with E-state index in [2.05, 4.69) is 6.92 Å². The van der Waals surface area contributed by atoms with Crippen molar-refractivity contribution in [3.8, 4) is 5.75 Å². The van der Waals surface area contributed by atoms with E-state index >= 15 is 0 Å². The van der Waals surface area contributed by atoms with E-state index in [1.165, 1.54) is 5.56 Å². The zero-order valence-corrected chi connectivity index (χ0v) is 9.96. The minimum absolute atomic E-state index is 0.00971. The molecule has 0 N–H and O–H groups in total. The molecule has 0 fully saturated rings. The van der Waals surface area contributed by atoms with Crippen molar-refractivity contribution in [2.75, 3.05) is 23.9 Å². The summed E-state index contributed by atoms with van der Waals surface area (Å²) >= 11 is 5.59. The number of carbonyl (C=O) groups excluding carboxylic acids is 1. The topological polar surface area (TPSA) is 29.5 Å². The third-order valence-electron chi connectivity index (χ3n) is 2.71. The SMILES string of the molecule is CCc1ccc2c(c1)N(C(=O)CCl)CCO2. The van der Waals surface area contributed by atoms with Crippen LogP contribution in [0.15, 0.2) is 18.2 Å². The van der Waals surface area contributed by atoms with Crippen LogP contribution < -0.4 is 9.64 Å². The van der Waals surface area contributed by atoms with Gasteiger partial charge in [0.15, 0.2) is 0 Å². The summed E-state index contributed by atoms with van der Waals surface area (Å²) in [6.07, 6.45) is 0.941. The van der Waals surface area contributed by atoms with Crippen LogP contribution >= 0.6 is 11.6 Å². The van der Waals surface area contributed by atoms with Gasteiger partial charge in [-0.1, -0.05) is 13.0 Å². The summed E-state index contributed by atoms with van der Waals surface area (Å²) in [4.78, 5) is 13.4. The second kappa shape index (κ2) is 4.74. The second-order valence-electron chi connectivity index (χ2n) is 3.68. The molecule has 0 saturated heterocycles. The Bertz CT molecular complexity index is 406. The Morgan fingerprint density at radius 2 is 2.38 bits per heavy atom. The van der Waals surface area contributed by atoms with E-state index in [0.717, 1.165) is 17.9 Å². The normalized spacial score (nSPS) is 14.2. The first-order valence-electron chi connectivity index (χ1n) is 5.38. The van der Waals surface area contributed by atoms with E-state index in [-0.39, 0.29) is 11.8 Å². The van der Waals surface area contributed by atoms with Crippen molar-refractivity contribution in [3.63, 3.8) is 0 Å². The smallest absolute Gasteiger partial charge is 0.242 e. The van der Waals surface area contributed by atoms with Crippen LogP contribution in [0.5, 0.6) is 5.75 Å². The molecule has 0 radical (unpaired) electrons. The maximum Gasteiger partial charge on any atom is 0.242 e. The molecule has 0 saturated carbocycles. The van der Waals surface area contributed by atoms with Gasteiger partial charge in [0.2, 0.25) is 5.91 Å². The maximum absolute atomic E-state index is 11.7. The van der Waals surface area contributed by atoms with Crippen molar-refractivity contribution in [1.29, 1.82) is 0 Å². The van der Waals surface area contributed by atoms with Gasteiger partial charge in [0.1, 0.15) is 18.2 Å². The predicted molar refractivity (Wildman–Crippen MR) is 64.4 cm³/mol. The minimum Gasteiger partial charge on any atom is -0.490 e. The predicted octanol–water partition coefficient (Wildman–Crippen LogP) is 2.21. The van der Waals surface area contributed by atoms with E-state index in [1.807, 2.05) is 18.2 Å². The number of carbonyl (C=O) groups is 1. The van der Waals surface area contributed by atoms with Crippen LogP contribution in [0.25, 0.3) is 0 Å². The Morgan fingerprint density at radius 3 is 3.06 bits per heavy atom. The summed E-state index contributed by atoms with van der Waals surface area (Å²) in [6, 6.07) is 5.94. The molecule has 3 nitrogen and oxygen atoms in total. The number of hydrogen-bond donors (Lipinski definition) is 0. The van der Waals surface area contributed by atoms with Crippen molar-refractivity contribution in [3.05, 3.63) is 23.8 Å². The van der Waals surface area contributed by atoms with Crippen LogP contribution in [0.4, 0.5) is 5.69 Å². The van der Waals surface area contributed by atoms with Gasteiger partial charge >= 0.3 is 0 Å². The molecule has 0 atom stereocenters. The van der Waals surface area contributed by atoms with Crippen LogP contribution in [0, 0.1) is 0 Å². The monoisotopic (exact) mass is 239 g/mol. The number of rotatable bonds is 2. The highest BCUT2D eigenvalue weighted by molar-refractivity contribution is 6.29. The average molecular weight is 240 g/mol. The van der Waals surface area contributed by atoms with Gasteiger partial charge in [0.05, 0.1) is 12.2 Å². The molecule has 16 heavy (non-hydrogen) atoms. The molecule has 1 amide bonds. The lowest BCUT2D eigenvalue weighted by Crippen LogP contribution is -2.38. The molecule has 0 spiro atoms. The lowest BCUT2D eigenvalue weighted by Gasteiger charge is -2.29. The van der Waals surface area contributed by atoms with Crippen molar-refractivity contribution in [1.82, 2.24) is 0 Å².